The third-order valence-corrected chi connectivity index (χ3v) is 4.78. The van der Waals surface area contributed by atoms with E-state index in [-0.39, 0.29) is 5.56 Å². The highest BCUT2D eigenvalue weighted by Gasteiger charge is 2.45. The van der Waals surface area contributed by atoms with Crippen LogP contribution in [-0.2, 0) is 11.4 Å². The van der Waals surface area contributed by atoms with Gasteiger partial charge in [0.1, 0.15) is 4.75 Å². The molecular weight excluding hydrogens is 313 g/mol. The summed E-state index contributed by atoms with van der Waals surface area (Å²) in [6.45, 7) is 6.72. The molecule has 0 radical (unpaired) electrons. The zero-order valence-electron chi connectivity index (χ0n) is 12.8. The van der Waals surface area contributed by atoms with Crippen LogP contribution in [0.3, 0.4) is 0 Å². The Labute approximate surface area is 130 Å². The summed E-state index contributed by atoms with van der Waals surface area (Å²) in [4.78, 5) is 3.07. The number of aryl methyl sites for hydroxylation is 1. The topological polar surface area (TPSA) is 50.9 Å². The number of H-pyrrole nitrogens is 1. The molecule has 7 heteroatoms. The standard InChI is InChI=1S/C15H19F3N2OS/c1-9-7-11-8-10(5-6-12(11)19-9)13(15(16,17)18)20-22(21)14(2,3)4/h5-8,13,19-20H,1-4H3/t13-,22?/m0/s1. The van der Waals surface area contributed by atoms with E-state index >= 15 is 0 Å². The molecule has 0 saturated heterocycles. The van der Waals surface area contributed by atoms with Crippen LogP contribution in [0.1, 0.15) is 38.1 Å². The maximum absolute atomic E-state index is 13.4. The highest BCUT2D eigenvalue weighted by molar-refractivity contribution is 7.90. The Bertz CT molecular complexity index is 661. The van der Waals surface area contributed by atoms with Gasteiger partial charge in [-0.2, -0.15) is 13.2 Å². The Balaban J connectivity index is 2.39. The molecule has 0 amide bonds. The highest BCUT2D eigenvalue weighted by Crippen LogP contribution is 2.35. The van der Waals surface area contributed by atoms with Crippen molar-refractivity contribution in [3.63, 3.8) is 0 Å². The molecule has 0 aliphatic rings. The summed E-state index contributed by atoms with van der Waals surface area (Å²) in [5, 5.41) is 0.701. The summed E-state index contributed by atoms with van der Waals surface area (Å²) in [6, 6.07) is 4.31. The van der Waals surface area contributed by atoms with Crippen LogP contribution in [0.4, 0.5) is 13.2 Å². The van der Waals surface area contributed by atoms with Crippen molar-refractivity contribution in [2.75, 3.05) is 0 Å². The number of alkyl halides is 3. The number of benzene rings is 1. The summed E-state index contributed by atoms with van der Waals surface area (Å²) < 4.78 is 53.6. The third-order valence-electron chi connectivity index (χ3n) is 3.22. The van der Waals surface area contributed by atoms with Gasteiger partial charge in [-0.3, -0.25) is 0 Å². The van der Waals surface area contributed by atoms with Gasteiger partial charge in [-0.15, -0.1) is 4.72 Å². The van der Waals surface area contributed by atoms with Crippen molar-refractivity contribution in [2.24, 2.45) is 0 Å². The van der Waals surface area contributed by atoms with E-state index in [1.165, 1.54) is 12.1 Å². The van der Waals surface area contributed by atoms with Crippen molar-refractivity contribution in [2.45, 2.75) is 44.7 Å². The maximum Gasteiger partial charge on any atom is 0.412 e. The van der Waals surface area contributed by atoms with Gasteiger partial charge in [-0.25, -0.2) is 0 Å². The molecule has 2 aromatic rings. The third kappa shape index (κ3) is 3.77. The van der Waals surface area contributed by atoms with Gasteiger partial charge >= 0.3 is 6.18 Å². The van der Waals surface area contributed by atoms with Crippen molar-refractivity contribution in [3.05, 3.63) is 35.5 Å². The monoisotopic (exact) mass is 332 g/mol. The first-order valence-corrected chi connectivity index (χ1v) is 7.97. The predicted molar refractivity (Wildman–Crippen MR) is 82.9 cm³/mol. The Morgan fingerprint density at radius 2 is 1.82 bits per heavy atom. The number of aromatic nitrogens is 1. The molecule has 122 valence electrons. The molecule has 1 aromatic carbocycles. The van der Waals surface area contributed by atoms with Crippen LogP contribution in [0.25, 0.3) is 10.9 Å². The summed E-state index contributed by atoms with van der Waals surface area (Å²) in [5.41, 5.74) is 1.71. The molecule has 0 spiro atoms. The maximum atomic E-state index is 13.4. The zero-order chi connectivity index (χ0) is 16.7. The molecule has 0 fully saturated rings. The summed E-state index contributed by atoms with van der Waals surface area (Å²) in [7, 11) is 0. The molecule has 1 aromatic heterocycles. The second-order valence-corrected chi connectivity index (χ2v) is 8.27. The smallest absolute Gasteiger partial charge is 0.412 e. The molecule has 22 heavy (non-hydrogen) atoms. The van der Waals surface area contributed by atoms with Crippen molar-refractivity contribution in [3.8, 4) is 0 Å². The highest BCUT2D eigenvalue weighted by atomic mass is 32.2. The van der Waals surface area contributed by atoms with Crippen LogP contribution in [0.15, 0.2) is 24.3 Å². The lowest BCUT2D eigenvalue weighted by Crippen LogP contribution is -2.45. The SMILES string of the molecule is Cc1cc2cc([C@H](N[S+]([O-])C(C)(C)C)C(F)(F)F)ccc2[nH]1. The first-order valence-electron chi connectivity index (χ1n) is 6.82. The van der Waals surface area contributed by atoms with Gasteiger partial charge < -0.3 is 9.54 Å². The second-order valence-electron chi connectivity index (χ2n) is 6.27. The average molecular weight is 332 g/mol. The molecule has 2 rings (SSSR count). The number of rotatable bonds is 3. The van der Waals surface area contributed by atoms with Crippen LogP contribution >= 0.6 is 0 Å². The lowest BCUT2D eigenvalue weighted by atomic mass is 10.1. The van der Waals surface area contributed by atoms with E-state index in [0.717, 1.165) is 11.2 Å². The Morgan fingerprint density at radius 3 is 2.36 bits per heavy atom. The molecule has 3 nitrogen and oxygen atoms in total. The van der Waals surface area contributed by atoms with E-state index in [4.69, 9.17) is 0 Å². The minimum Gasteiger partial charge on any atom is -0.598 e. The fourth-order valence-corrected chi connectivity index (χ4v) is 2.92. The van der Waals surface area contributed by atoms with Gasteiger partial charge in [0, 0.05) is 22.6 Å². The normalized spacial score (nSPS) is 16.0. The molecule has 1 unspecified atom stereocenters. The van der Waals surface area contributed by atoms with Gasteiger partial charge in [-0.1, -0.05) is 6.07 Å². The number of aromatic amines is 1. The van der Waals surface area contributed by atoms with Crippen LogP contribution in [-0.4, -0.2) is 20.5 Å². The van der Waals surface area contributed by atoms with Gasteiger partial charge in [0.15, 0.2) is 6.04 Å². The average Bonchev–Trinajstić information content (AvgIpc) is 2.71. The Morgan fingerprint density at radius 1 is 1.18 bits per heavy atom. The molecule has 1 heterocycles. The second kappa shape index (κ2) is 5.79. The van der Waals surface area contributed by atoms with Crippen LogP contribution in [0.2, 0.25) is 0 Å². The van der Waals surface area contributed by atoms with Gasteiger partial charge in [0.2, 0.25) is 0 Å². The first kappa shape index (κ1) is 17.2. The molecule has 0 aliphatic carbocycles. The first-order chi connectivity index (χ1) is 9.98. The van der Waals surface area contributed by atoms with Crippen LogP contribution < -0.4 is 4.72 Å². The molecule has 0 saturated carbocycles. The van der Waals surface area contributed by atoms with E-state index in [1.54, 1.807) is 32.9 Å². The molecule has 2 N–H and O–H groups in total. The Kier molecular flexibility index (Phi) is 4.52. The van der Waals surface area contributed by atoms with Crippen molar-refractivity contribution < 1.29 is 17.7 Å². The van der Waals surface area contributed by atoms with Crippen molar-refractivity contribution in [1.29, 1.82) is 0 Å². The Hall–Kier alpha value is -1.18. The van der Waals surface area contributed by atoms with E-state index in [9.17, 15) is 17.7 Å². The minimum absolute atomic E-state index is 0.0524. The van der Waals surface area contributed by atoms with Crippen LogP contribution in [0, 0.1) is 6.92 Å². The molecular formula is C15H19F3N2OS. The number of nitrogens with one attached hydrogen (secondary N) is 2. The van der Waals surface area contributed by atoms with Gasteiger partial charge in [0.05, 0.1) is 0 Å². The number of fused-ring (bicyclic) bond motifs is 1. The van der Waals surface area contributed by atoms with E-state index in [0.29, 0.717) is 5.39 Å². The number of hydrogen-bond acceptors (Lipinski definition) is 2. The fourth-order valence-electron chi connectivity index (χ4n) is 2.08. The number of halogens is 3. The van der Waals surface area contributed by atoms with Crippen LogP contribution in [0.5, 0.6) is 0 Å². The minimum atomic E-state index is -4.53. The van der Waals surface area contributed by atoms with Crippen molar-refractivity contribution in [1.82, 2.24) is 9.71 Å². The van der Waals surface area contributed by atoms with Crippen molar-refractivity contribution >= 4 is 22.3 Å². The fraction of sp³-hybridized carbons (Fsp3) is 0.467. The summed E-state index contributed by atoms with van der Waals surface area (Å²) in [6.07, 6.45) is -4.53. The van der Waals surface area contributed by atoms with E-state index < -0.39 is 28.3 Å². The largest absolute Gasteiger partial charge is 0.598 e. The predicted octanol–water partition coefficient (Wildman–Crippen LogP) is 4.13. The zero-order valence-corrected chi connectivity index (χ0v) is 13.7. The van der Waals surface area contributed by atoms with E-state index in [1.807, 2.05) is 6.92 Å². The van der Waals surface area contributed by atoms with E-state index in [2.05, 4.69) is 9.71 Å². The summed E-state index contributed by atoms with van der Waals surface area (Å²) >= 11 is -1.82. The molecule has 0 bridgehead atoms. The van der Waals surface area contributed by atoms with Gasteiger partial charge in [-0.05, 0) is 56.8 Å². The molecule has 2 atom stereocenters. The lowest BCUT2D eigenvalue weighted by molar-refractivity contribution is -0.153. The quantitative estimate of drug-likeness (QED) is 0.830. The van der Waals surface area contributed by atoms with Gasteiger partial charge in [0.25, 0.3) is 0 Å². The summed E-state index contributed by atoms with van der Waals surface area (Å²) in [5.74, 6) is 0. The molecule has 0 aliphatic heterocycles. The lowest BCUT2D eigenvalue weighted by Gasteiger charge is -2.29. The number of hydrogen-bond donors (Lipinski definition) is 2.